The van der Waals surface area contributed by atoms with Crippen LogP contribution in [0.1, 0.15) is 24.0 Å². The van der Waals surface area contributed by atoms with Gasteiger partial charge in [0.15, 0.2) is 0 Å². The molecule has 0 saturated carbocycles. The molecular weight excluding hydrogens is 404 g/mol. The predicted octanol–water partition coefficient (Wildman–Crippen LogP) is 3.60. The predicted molar refractivity (Wildman–Crippen MR) is 123 cm³/mol. The van der Waals surface area contributed by atoms with Crippen LogP contribution in [-0.2, 0) is 20.4 Å². The molecule has 2 aliphatic rings. The van der Waals surface area contributed by atoms with Crippen molar-refractivity contribution in [3.05, 3.63) is 108 Å². The lowest BCUT2D eigenvalue weighted by Gasteiger charge is -2.28. The minimum Gasteiger partial charge on any atom is -0.480 e. The standard InChI is InChI=1S/C26H24N2O4/c27-21-9-13-25(14-10-21,23(29)30)19-5-1-17(2-6-19)18-3-7-20(8-4-18)26(24(31)32)15-11-22(28)12-16-26/h1-13,15H,14,16,27-28H2,(H,29,30)(H,31,32). The number of rotatable bonds is 5. The van der Waals surface area contributed by atoms with Gasteiger partial charge in [-0.05, 0) is 47.2 Å². The lowest BCUT2D eigenvalue weighted by Crippen LogP contribution is -2.35. The van der Waals surface area contributed by atoms with Crippen LogP contribution >= 0.6 is 0 Å². The number of nitrogens with two attached hydrogens (primary N) is 2. The average Bonchev–Trinajstić information content (AvgIpc) is 2.80. The van der Waals surface area contributed by atoms with Gasteiger partial charge in [-0.25, -0.2) is 0 Å². The van der Waals surface area contributed by atoms with Crippen LogP contribution in [0.4, 0.5) is 0 Å². The van der Waals surface area contributed by atoms with Crippen LogP contribution in [0.5, 0.6) is 0 Å². The Morgan fingerprint density at radius 2 is 1.00 bits per heavy atom. The molecule has 0 amide bonds. The first kappa shape index (κ1) is 21.2. The first-order chi connectivity index (χ1) is 15.3. The molecule has 0 radical (unpaired) electrons. The van der Waals surface area contributed by atoms with Crippen molar-refractivity contribution in [2.45, 2.75) is 23.7 Å². The topological polar surface area (TPSA) is 127 Å². The summed E-state index contributed by atoms with van der Waals surface area (Å²) in [5.41, 5.74) is 13.5. The van der Waals surface area contributed by atoms with Gasteiger partial charge in [0.2, 0.25) is 0 Å². The summed E-state index contributed by atoms with van der Waals surface area (Å²) >= 11 is 0. The first-order valence-corrected chi connectivity index (χ1v) is 10.2. The van der Waals surface area contributed by atoms with Gasteiger partial charge in [-0.15, -0.1) is 0 Å². The number of allylic oxidation sites excluding steroid dienone is 4. The quantitative estimate of drug-likeness (QED) is 0.576. The SMILES string of the molecule is NC1=CCC(C(=O)O)(c2ccc(-c3ccc(C4(C(=O)O)C=CC(N)=CC4)cc3)cc2)C=C1. The third-order valence-electron chi connectivity index (χ3n) is 6.34. The van der Waals surface area contributed by atoms with Crippen molar-refractivity contribution >= 4 is 11.9 Å². The third kappa shape index (κ3) is 3.50. The molecule has 0 aromatic heterocycles. The number of benzene rings is 2. The molecule has 6 N–H and O–H groups in total. The number of hydrogen-bond donors (Lipinski definition) is 4. The number of carboxylic acids is 2. The van der Waals surface area contributed by atoms with Crippen molar-refractivity contribution in [3.8, 4) is 11.1 Å². The maximum Gasteiger partial charge on any atom is 0.318 e. The van der Waals surface area contributed by atoms with E-state index >= 15 is 0 Å². The highest BCUT2D eigenvalue weighted by Gasteiger charge is 2.39. The molecule has 6 nitrogen and oxygen atoms in total. The van der Waals surface area contributed by atoms with E-state index in [1.54, 1.807) is 36.5 Å². The lowest BCUT2D eigenvalue weighted by molar-refractivity contribution is -0.142. The summed E-state index contributed by atoms with van der Waals surface area (Å²) in [5, 5.41) is 19.7. The van der Waals surface area contributed by atoms with Gasteiger partial charge < -0.3 is 21.7 Å². The monoisotopic (exact) mass is 428 g/mol. The average molecular weight is 428 g/mol. The first-order valence-electron chi connectivity index (χ1n) is 10.2. The van der Waals surface area contributed by atoms with E-state index in [-0.39, 0.29) is 0 Å². The Bertz CT molecular complexity index is 1090. The van der Waals surface area contributed by atoms with Crippen LogP contribution in [0.3, 0.4) is 0 Å². The molecule has 0 spiro atoms. The molecule has 0 saturated heterocycles. The Morgan fingerprint density at radius 3 is 1.25 bits per heavy atom. The van der Waals surface area contributed by atoms with Crippen molar-refractivity contribution in [1.29, 1.82) is 0 Å². The number of aliphatic carboxylic acids is 2. The van der Waals surface area contributed by atoms with Crippen molar-refractivity contribution in [3.63, 3.8) is 0 Å². The Kier molecular flexibility index (Phi) is 5.22. The number of carboxylic acid groups (broad SMARTS) is 2. The summed E-state index contributed by atoms with van der Waals surface area (Å²) in [4.78, 5) is 24.1. The Morgan fingerprint density at radius 1 is 0.656 bits per heavy atom. The summed E-state index contributed by atoms with van der Waals surface area (Å²) in [5.74, 6) is -1.85. The number of hydrogen-bond acceptors (Lipinski definition) is 4. The minimum atomic E-state index is -1.14. The normalized spacial score (nSPS) is 24.5. The van der Waals surface area contributed by atoms with E-state index in [1.807, 2.05) is 48.5 Å². The lowest BCUT2D eigenvalue weighted by atomic mass is 9.74. The molecule has 4 rings (SSSR count). The fourth-order valence-electron chi connectivity index (χ4n) is 4.22. The zero-order valence-electron chi connectivity index (χ0n) is 17.4. The third-order valence-corrected chi connectivity index (χ3v) is 6.34. The summed E-state index contributed by atoms with van der Waals surface area (Å²) in [6.07, 6.45) is 10.6. The second-order valence-electron chi connectivity index (χ2n) is 8.19. The molecule has 2 aromatic carbocycles. The van der Waals surface area contributed by atoms with Gasteiger partial charge in [0.05, 0.1) is 0 Å². The summed E-state index contributed by atoms with van der Waals surface area (Å²) < 4.78 is 0. The summed E-state index contributed by atoms with van der Waals surface area (Å²) in [6, 6.07) is 14.8. The maximum absolute atomic E-state index is 12.0. The van der Waals surface area contributed by atoms with Crippen LogP contribution in [0.25, 0.3) is 11.1 Å². The van der Waals surface area contributed by atoms with Gasteiger partial charge in [-0.3, -0.25) is 9.59 Å². The van der Waals surface area contributed by atoms with Crippen molar-refractivity contribution in [2.24, 2.45) is 11.5 Å². The summed E-state index contributed by atoms with van der Waals surface area (Å²) in [6.45, 7) is 0. The van der Waals surface area contributed by atoms with Crippen molar-refractivity contribution < 1.29 is 19.8 Å². The highest BCUT2D eigenvalue weighted by Crippen LogP contribution is 2.37. The van der Waals surface area contributed by atoms with Gasteiger partial charge in [-0.2, -0.15) is 0 Å². The van der Waals surface area contributed by atoms with E-state index in [9.17, 15) is 19.8 Å². The molecular formula is C26H24N2O4. The molecule has 2 unspecified atom stereocenters. The van der Waals surface area contributed by atoms with Crippen LogP contribution in [-0.4, -0.2) is 22.2 Å². The van der Waals surface area contributed by atoms with Crippen LogP contribution in [0.15, 0.2) is 96.4 Å². The highest BCUT2D eigenvalue weighted by atomic mass is 16.4. The summed E-state index contributed by atoms with van der Waals surface area (Å²) in [7, 11) is 0. The molecule has 32 heavy (non-hydrogen) atoms. The van der Waals surface area contributed by atoms with E-state index in [0.717, 1.165) is 11.1 Å². The van der Waals surface area contributed by atoms with Crippen molar-refractivity contribution in [1.82, 2.24) is 0 Å². The van der Waals surface area contributed by atoms with E-state index in [4.69, 9.17) is 11.5 Å². The zero-order chi connectivity index (χ0) is 22.9. The second-order valence-corrected chi connectivity index (χ2v) is 8.19. The second kappa shape index (κ2) is 7.89. The van der Waals surface area contributed by atoms with Crippen molar-refractivity contribution in [2.75, 3.05) is 0 Å². The van der Waals surface area contributed by atoms with Gasteiger partial charge in [0.1, 0.15) is 10.8 Å². The minimum absolute atomic E-state index is 0.294. The fourth-order valence-corrected chi connectivity index (χ4v) is 4.22. The van der Waals surface area contributed by atoms with E-state index in [2.05, 4.69) is 0 Å². The van der Waals surface area contributed by atoms with E-state index < -0.39 is 22.8 Å². The number of carbonyl (C=O) groups is 2. The van der Waals surface area contributed by atoms with E-state index in [0.29, 0.717) is 35.4 Å². The van der Waals surface area contributed by atoms with Crippen LogP contribution in [0, 0.1) is 0 Å². The maximum atomic E-state index is 12.0. The molecule has 2 aliphatic carbocycles. The Balaban J connectivity index is 1.62. The Hall–Kier alpha value is -4.06. The molecule has 0 aliphatic heterocycles. The highest BCUT2D eigenvalue weighted by molar-refractivity contribution is 5.86. The zero-order valence-corrected chi connectivity index (χ0v) is 17.4. The van der Waals surface area contributed by atoms with Gasteiger partial charge >= 0.3 is 11.9 Å². The van der Waals surface area contributed by atoms with E-state index in [1.165, 1.54) is 0 Å². The molecule has 0 heterocycles. The molecule has 2 aromatic rings. The van der Waals surface area contributed by atoms with Gasteiger partial charge in [0.25, 0.3) is 0 Å². The molecule has 162 valence electrons. The smallest absolute Gasteiger partial charge is 0.318 e. The fraction of sp³-hybridized carbons (Fsp3) is 0.154. The van der Waals surface area contributed by atoms with Gasteiger partial charge in [0, 0.05) is 11.4 Å². The van der Waals surface area contributed by atoms with Crippen LogP contribution in [0.2, 0.25) is 0 Å². The molecule has 0 bridgehead atoms. The van der Waals surface area contributed by atoms with Crippen LogP contribution < -0.4 is 11.5 Å². The molecule has 2 atom stereocenters. The van der Waals surface area contributed by atoms with Gasteiger partial charge in [-0.1, -0.05) is 72.8 Å². The Labute approximate surface area is 185 Å². The molecule has 6 heteroatoms. The largest absolute Gasteiger partial charge is 0.480 e. The molecule has 0 fully saturated rings.